The number of ether oxygens (including phenoxy) is 1. The number of para-hydroxylation sites is 1. The molecule has 0 saturated carbocycles. The Labute approximate surface area is 173 Å². The van der Waals surface area contributed by atoms with Gasteiger partial charge in [-0.05, 0) is 54.4 Å². The summed E-state index contributed by atoms with van der Waals surface area (Å²) in [7, 11) is 0. The van der Waals surface area contributed by atoms with Gasteiger partial charge in [0.05, 0.1) is 5.02 Å². The number of nitrogens with zero attached hydrogens (tertiary/aromatic N) is 1. The van der Waals surface area contributed by atoms with Gasteiger partial charge >= 0.3 is 0 Å². The van der Waals surface area contributed by atoms with Gasteiger partial charge in [0.2, 0.25) is 5.89 Å². The van der Waals surface area contributed by atoms with Crippen LogP contribution in [-0.2, 0) is 11.2 Å². The number of hydrogen-bond donors (Lipinski definition) is 1. The standard InChI is InChI=1S/C23H19ClN2O3/c1-2-15-7-9-16(10-8-15)23-26-19-13-17(11-12-21(19)29-23)25-22(27)14-28-20-6-4-3-5-18(20)24/h3-13H,2,14H2,1H3,(H,25,27). The molecule has 0 bridgehead atoms. The van der Waals surface area contributed by atoms with Crippen LogP contribution in [0.25, 0.3) is 22.6 Å². The molecule has 0 unspecified atom stereocenters. The Hall–Kier alpha value is -3.31. The topological polar surface area (TPSA) is 64.4 Å². The monoisotopic (exact) mass is 406 g/mol. The van der Waals surface area contributed by atoms with Gasteiger partial charge in [0.15, 0.2) is 12.2 Å². The van der Waals surface area contributed by atoms with Crippen LogP contribution in [0.4, 0.5) is 5.69 Å². The van der Waals surface area contributed by atoms with Gasteiger partial charge in [0.1, 0.15) is 11.3 Å². The fraction of sp³-hybridized carbons (Fsp3) is 0.130. The molecule has 0 aliphatic heterocycles. The van der Waals surface area contributed by atoms with Crippen molar-refractivity contribution in [3.63, 3.8) is 0 Å². The number of rotatable bonds is 6. The molecule has 6 heteroatoms. The van der Waals surface area contributed by atoms with E-state index in [9.17, 15) is 4.79 Å². The number of aryl methyl sites for hydroxylation is 1. The zero-order chi connectivity index (χ0) is 20.2. The van der Waals surface area contributed by atoms with E-state index in [1.54, 1.807) is 42.5 Å². The highest BCUT2D eigenvalue weighted by Crippen LogP contribution is 2.27. The predicted molar refractivity (Wildman–Crippen MR) is 114 cm³/mol. The lowest BCUT2D eigenvalue weighted by molar-refractivity contribution is -0.118. The van der Waals surface area contributed by atoms with E-state index in [1.807, 2.05) is 12.1 Å². The van der Waals surface area contributed by atoms with Crippen LogP contribution in [0.5, 0.6) is 5.75 Å². The largest absolute Gasteiger partial charge is 0.482 e. The van der Waals surface area contributed by atoms with Gasteiger partial charge in [0, 0.05) is 11.3 Å². The van der Waals surface area contributed by atoms with Gasteiger partial charge in [-0.15, -0.1) is 0 Å². The zero-order valence-corrected chi connectivity index (χ0v) is 16.6. The zero-order valence-electron chi connectivity index (χ0n) is 15.8. The van der Waals surface area contributed by atoms with Crippen molar-refractivity contribution in [2.24, 2.45) is 0 Å². The molecule has 0 radical (unpaired) electrons. The van der Waals surface area contributed by atoms with Crippen LogP contribution in [0.1, 0.15) is 12.5 Å². The minimum atomic E-state index is -0.289. The lowest BCUT2D eigenvalue weighted by Gasteiger charge is -2.08. The maximum absolute atomic E-state index is 12.2. The highest BCUT2D eigenvalue weighted by molar-refractivity contribution is 6.32. The third-order valence-electron chi connectivity index (χ3n) is 4.48. The number of anilines is 1. The van der Waals surface area contributed by atoms with Gasteiger partial charge in [-0.2, -0.15) is 0 Å². The lowest BCUT2D eigenvalue weighted by Crippen LogP contribution is -2.20. The van der Waals surface area contributed by atoms with Crippen molar-refractivity contribution in [1.29, 1.82) is 0 Å². The maximum atomic E-state index is 12.2. The van der Waals surface area contributed by atoms with Crippen LogP contribution in [-0.4, -0.2) is 17.5 Å². The summed E-state index contributed by atoms with van der Waals surface area (Å²) >= 11 is 6.03. The third-order valence-corrected chi connectivity index (χ3v) is 4.79. The number of amides is 1. The summed E-state index contributed by atoms with van der Waals surface area (Å²) in [6, 6.07) is 20.5. The van der Waals surface area contributed by atoms with E-state index >= 15 is 0 Å². The maximum Gasteiger partial charge on any atom is 0.262 e. The van der Waals surface area contributed by atoms with Gasteiger partial charge in [0.25, 0.3) is 5.91 Å². The first-order valence-electron chi connectivity index (χ1n) is 9.29. The first kappa shape index (κ1) is 19.0. The Bertz CT molecular complexity index is 1150. The minimum absolute atomic E-state index is 0.143. The average molecular weight is 407 g/mol. The number of carbonyl (C=O) groups is 1. The third kappa shape index (κ3) is 4.41. The van der Waals surface area contributed by atoms with Gasteiger partial charge in [-0.3, -0.25) is 4.79 Å². The molecule has 146 valence electrons. The van der Waals surface area contributed by atoms with E-state index in [1.165, 1.54) is 5.56 Å². The number of halogens is 1. The van der Waals surface area contributed by atoms with Crippen LogP contribution in [0.15, 0.2) is 71.1 Å². The van der Waals surface area contributed by atoms with Crippen molar-refractivity contribution in [1.82, 2.24) is 4.98 Å². The Kier molecular flexibility index (Phi) is 5.49. The highest BCUT2D eigenvalue weighted by Gasteiger charge is 2.11. The van der Waals surface area contributed by atoms with Gasteiger partial charge in [-0.25, -0.2) is 4.98 Å². The average Bonchev–Trinajstić information content (AvgIpc) is 3.16. The van der Waals surface area contributed by atoms with Crippen molar-refractivity contribution in [2.75, 3.05) is 11.9 Å². The van der Waals surface area contributed by atoms with E-state index in [-0.39, 0.29) is 12.5 Å². The molecular weight excluding hydrogens is 388 g/mol. The Morgan fingerprint density at radius 3 is 2.66 bits per heavy atom. The van der Waals surface area contributed by atoms with E-state index in [2.05, 4.69) is 29.4 Å². The molecule has 0 aliphatic rings. The first-order valence-corrected chi connectivity index (χ1v) is 9.67. The smallest absolute Gasteiger partial charge is 0.262 e. The second-order valence-corrected chi connectivity index (χ2v) is 6.93. The van der Waals surface area contributed by atoms with Gasteiger partial charge in [-0.1, -0.05) is 42.8 Å². The first-order chi connectivity index (χ1) is 14.1. The molecule has 1 amide bonds. The lowest BCUT2D eigenvalue weighted by atomic mass is 10.1. The number of fused-ring (bicyclic) bond motifs is 1. The van der Waals surface area contributed by atoms with Crippen LogP contribution in [0.2, 0.25) is 5.02 Å². The number of carbonyl (C=O) groups excluding carboxylic acids is 1. The van der Waals surface area contributed by atoms with Crippen molar-refractivity contribution in [3.05, 3.63) is 77.3 Å². The SMILES string of the molecule is CCc1ccc(-c2nc3cc(NC(=O)COc4ccccc4Cl)ccc3o2)cc1. The summed E-state index contributed by atoms with van der Waals surface area (Å²) < 4.78 is 11.3. The van der Waals surface area contributed by atoms with Crippen molar-refractivity contribution < 1.29 is 13.9 Å². The van der Waals surface area contributed by atoms with Crippen LogP contribution in [0.3, 0.4) is 0 Å². The molecule has 3 aromatic carbocycles. The van der Waals surface area contributed by atoms with Crippen LogP contribution >= 0.6 is 11.6 Å². The summed E-state index contributed by atoms with van der Waals surface area (Å²) in [4.78, 5) is 16.7. The summed E-state index contributed by atoms with van der Waals surface area (Å²) in [5, 5.41) is 3.26. The highest BCUT2D eigenvalue weighted by atomic mass is 35.5. The summed E-state index contributed by atoms with van der Waals surface area (Å²) in [6.07, 6.45) is 0.983. The number of aromatic nitrogens is 1. The fourth-order valence-electron chi connectivity index (χ4n) is 2.91. The number of hydrogen-bond acceptors (Lipinski definition) is 4. The number of oxazole rings is 1. The van der Waals surface area contributed by atoms with Crippen molar-refractivity contribution in [2.45, 2.75) is 13.3 Å². The molecule has 1 aromatic heterocycles. The molecule has 1 N–H and O–H groups in total. The molecule has 4 rings (SSSR count). The molecule has 0 spiro atoms. The summed E-state index contributed by atoms with van der Waals surface area (Å²) in [5.74, 6) is 0.728. The van der Waals surface area contributed by atoms with Crippen molar-refractivity contribution >= 4 is 34.3 Å². The Morgan fingerprint density at radius 2 is 1.90 bits per heavy atom. The summed E-state index contributed by atoms with van der Waals surface area (Å²) in [5.41, 5.74) is 4.12. The van der Waals surface area contributed by atoms with Gasteiger partial charge < -0.3 is 14.5 Å². The Balaban J connectivity index is 1.45. The molecule has 0 aliphatic carbocycles. The second-order valence-electron chi connectivity index (χ2n) is 6.52. The summed E-state index contributed by atoms with van der Waals surface area (Å²) in [6.45, 7) is 1.97. The van der Waals surface area contributed by atoms with E-state index in [0.29, 0.717) is 33.4 Å². The van der Waals surface area contributed by atoms with Crippen LogP contribution < -0.4 is 10.1 Å². The fourth-order valence-corrected chi connectivity index (χ4v) is 3.10. The van der Waals surface area contributed by atoms with E-state index in [0.717, 1.165) is 12.0 Å². The molecule has 4 aromatic rings. The number of nitrogens with one attached hydrogen (secondary N) is 1. The van der Waals surface area contributed by atoms with Crippen molar-refractivity contribution in [3.8, 4) is 17.2 Å². The molecular formula is C23H19ClN2O3. The molecule has 0 fully saturated rings. The second kappa shape index (κ2) is 8.37. The number of benzene rings is 3. The molecule has 1 heterocycles. The minimum Gasteiger partial charge on any atom is -0.482 e. The van der Waals surface area contributed by atoms with Crippen LogP contribution in [0, 0.1) is 0 Å². The van der Waals surface area contributed by atoms with E-state index < -0.39 is 0 Å². The normalized spacial score (nSPS) is 10.8. The molecule has 5 nitrogen and oxygen atoms in total. The molecule has 0 atom stereocenters. The molecule has 0 saturated heterocycles. The Morgan fingerprint density at radius 1 is 1.10 bits per heavy atom. The predicted octanol–water partition coefficient (Wildman–Crippen LogP) is 5.73. The quantitative estimate of drug-likeness (QED) is 0.444. The molecule has 29 heavy (non-hydrogen) atoms. The van der Waals surface area contributed by atoms with E-state index in [4.69, 9.17) is 20.8 Å².